The molecule has 3 rings (SSSR count). The molecule has 1 N–H and O–H groups in total. The lowest BCUT2D eigenvalue weighted by Crippen LogP contribution is -2.51. The van der Waals surface area contributed by atoms with Crippen molar-refractivity contribution in [2.24, 2.45) is 0 Å². The highest BCUT2D eigenvalue weighted by molar-refractivity contribution is 6.35. The average Bonchev–Trinajstić information content (AvgIpc) is 2.83. The highest BCUT2D eigenvalue weighted by Crippen LogP contribution is 2.25. The van der Waals surface area contributed by atoms with E-state index in [2.05, 4.69) is 5.32 Å². The van der Waals surface area contributed by atoms with E-state index < -0.39 is 6.04 Å². The minimum Gasteiger partial charge on any atom is -0.354 e. The van der Waals surface area contributed by atoms with Crippen molar-refractivity contribution in [3.05, 3.63) is 105 Å². The van der Waals surface area contributed by atoms with Crippen LogP contribution in [0.1, 0.15) is 30.0 Å². The molecule has 0 saturated carbocycles. The second-order valence-corrected chi connectivity index (χ2v) is 9.27. The minimum absolute atomic E-state index is 0.0667. The molecule has 0 aliphatic heterocycles. The topological polar surface area (TPSA) is 49.4 Å². The molecule has 0 fully saturated rings. The number of hydrogen-bond donors (Lipinski definition) is 1. The molecule has 0 radical (unpaired) electrons. The zero-order valence-electron chi connectivity index (χ0n) is 18.9. The van der Waals surface area contributed by atoms with E-state index in [9.17, 15) is 9.59 Å². The lowest BCUT2D eigenvalue weighted by molar-refractivity contribution is -0.140. The van der Waals surface area contributed by atoms with Crippen molar-refractivity contribution < 1.29 is 9.59 Å². The van der Waals surface area contributed by atoms with Crippen LogP contribution in [-0.2, 0) is 29.0 Å². The quantitative estimate of drug-likeness (QED) is 0.340. The van der Waals surface area contributed by atoms with Gasteiger partial charge in [0.25, 0.3) is 0 Å². The summed E-state index contributed by atoms with van der Waals surface area (Å²) in [6.07, 6.45) is 1.23. The number of halogens is 3. The summed E-state index contributed by atoms with van der Waals surface area (Å²) in [6, 6.07) is 21.3. The highest BCUT2D eigenvalue weighted by atomic mass is 35.5. The van der Waals surface area contributed by atoms with Gasteiger partial charge in [-0.15, -0.1) is 0 Å². The van der Waals surface area contributed by atoms with Crippen LogP contribution in [0.4, 0.5) is 0 Å². The Morgan fingerprint density at radius 2 is 1.59 bits per heavy atom. The van der Waals surface area contributed by atoms with Gasteiger partial charge in [-0.2, -0.15) is 0 Å². The van der Waals surface area contributed by atoms with Gasteiger partial charge in [-0.1, -0.05) is 96.3 Å². The van der Waals surface area contributed by atoms with Gasteiger partial charge in [0, 0.05) is 34.6 Å². The normalized spacial score (nSPS) is 11.6. The Balaban J connectivity index is 1.99. The fourth-order valence-corrected chi connectivity index (χ4v) is 4.33. The van der Waals surface area contributed by atoms with Gasteiger partial charge < -0.3 is 10.2 Å². The maximum Gasteiger partial charge on any atom is 0.243 e. The molecule has 4 nitrogen and oxygen atoms in total. The molecule has 0 unspecified atom stereocenters. The molecule has 0 aliphatic rings. The van der Waals surface area contributed by atoms with Gasteiger partial charge in [0.05, 0.1) is 6.42 Å². The lowest BCUT2D eigenvalue weighted by Gasteiger charge is -2.32. The van der Waals surface area contributed by atoms with E-state index in [1.54, 1.807) is 29.2 Å². The minimum atomic E-state index is -0.726. The summed E-state index contributed by atoms with van der Waals surface area (Å²) in [5.74, 6) is -0.421. The van der Waals surface area contributed by atoms with Crippen LogP contribution in [0.25, 0.3) is 0 Å². The molecule has 3 aromatic rings. The van der Waals surface area contributed by atoms with Crippen LogP contribution in [0.2, 0.25) is 15.1 Å². The molecule has 0 spiro atoms. The molecule has 178 valence electrons. The molecule has 0 bridgehead atoms. The van der Waals surface area contributed by atoms with Gasteiger partial charge in [-0.05, 0) is 41.3 Å². The van der Waals surface area contributed by atoms with Crippen LogP contribution in [0, 0.1) is 0 Å². The molecule has 0 aliphatic carbocycles. The third kappa shape index (κ3) is 7.23. The summed E-state index contributed by atoms with van der Waals surface area (Å²) in [4.78, 5) is 28.6. The zero-order chi connectivity index (χ0) is 24.5. The van der Waals surface area contributed by atoms with Crippen molar-refractivity contribution in [3.8, 4) is 0 Å². The first kappa shape index (κ1) is 26.1. The molecule has 34 heavy (non-hydrogen) atoms. The number of hydrogen-bond acceptors (Lipinski definition) is 2. The number of nitrogens with one attached hydrogen (secondary N) is 1. The van der Waals surface area contributed by atoms with E-state index in [4.69, 9.17) is 34.8 Å². The summed E-state index contributed by atoms with van der Waals surface area (Å²) in [6.45, 7) is 2.68. The molecule has 0 aromatic heterocycles. The first-order valence-corrected chi connectivity index (χ1v) is 12.3. The van der Waals surface area contributed by atoms with Crippen LogP contribution in [0.15, 0.2) is 72.8 Å². The Labute approximate surface area is 215 Å². The number of benzene rings is 3. The first-order valence-electron chi connectivity index (χ1n) is 11.2. The lowest BCUT2D eigenvalue weighted by atomic mass is 10.0. The van der Waals surface area contributed by atoms with Crippen molar-refractivity contribution >= 4 is 46.6 Å². The van der Waals surface area contributed by atoms with Gasteiger partial charge in [-0.3, -0.25) is 9.59 Å². The number of nitrogens with zero attached hydrogens (tertiary/aromatic N) is 1. The molecular formula is C27H27Cl3N2O2. The van der Waals surface area contributed by atoms with Gasteiger partial charge in [0.2, 0.25) is 11.8 Å². The van der Waals surface area contributed by atoms with Crippen molar-refractivity contribution in [1.82, 2.24) is 10.2 Å². The van der Waals surface area contributed by atoms with Gasteiger partial charge in [0.15, 0.2) is 0 Å². The van der Waals surface area contributed by atoms with E-state index in [1.165, 1.54) is 0 Å². The number of rotatable bonds is 10. The Morgan fingerprint density at radius 3 is 2.26 bits per heavy atom. The first-order chi connectivity index (χ1) is 16.4. The monoisotopic (exact) mass is 516 g/mol. The largest absolute Gasteiger partial charge is 0.354 e. The molecular weight excluding hydrogens is 491 g/mol. The van der Waals surface area contributed by atoms with E-state index in [0.717, 1.165) is 12.0 Å². The van der Waals surface area contributed by atoms with Crippen molar-refractivity contribution in [2.75, 3.05) is 6.54 Å². The third-order valence-electron chi connectivity index (χ3n) is 5.48. The number of carbonyl (C=O) groups excluding carboxylic acids is 2. The Kier molecular flexibility index (Phi) is 9.82. The second kappa shape index (κ2) is 12.8. The summed E-state index contributed by atoms with van der Waals surface area (Å²) < 4.78 is 0. The summed E-state index contributed by atoms with van der Waals surface area (Å²) >= 11 is 18.9. The second-order valence-electron chi connectivity index (χ2n) is 8.02. The summed E-state index contributed by atoms with van der Waals surface area (Å²) in [7, 11) is 0. The zero-order valence-corrected chi connectivity index (χ0v) is 21.2. The van der Waals surface area contributed by atoms with Gasteiger partial charge in [0.1, 0.15) is 6.04 Å². The standard InChI is InChI=1S/C27H27Cl3N2O2/c1-2-14-31-27(34)25(15-19-8-4-3-5-9-19)32(18-21-12-13-22(28)17-24(21)30)26(33)16-20-10-6-7-11-23(20)29/h3-13,17,25H,2,14-16,18H2,1H3,(H,31,34)/t25-/m1/s1. The van der Waals surface area contributed by atoms with Crippen molar-refractivity contribution in [1.29, 1.82) is 0 Å². The van der Waals surface area contributed by atoms with E-state index in [0.29, 0.717) is 39.2 Å². The van der Waals surface area contributed by atoms with Crippen LogP contribution >= 0.6 is 34.8 Å². The predicted molar refractivity (Wildman–Crippen MR) is 139 cm³/mol. The molecule has 2 amide bonds. The predicted octanol–water partition coefficient (Wildman–Crippen LogP) is 6.36. The Bertz CT molecular complexity index is 1120. The molecule has 3 aromatic carbocycles. The average molecular weight is 518 g/mol. The van der Waals surface area contributed by atoms with Gasteiger partial charge in [-0.25, -0.2) is 0 Å². The maximum absolute atomic E-state index is 13.7. The van der Waals surface area contributed by atoms with Crippen LogP contribution in [-0.4, -0.2) is 29.3 Å². The fourth-order valence-electron chi connectivity index (χ4n) is 3.66. The van der Waals surface area contributed by atoms with Crippen molar-refractivity contribution in [2.45, 2.75) is 38.8 Å². The van der Waals surface area contributed by atoms with Crippen molar-refractivity contribution in [3.63, 3.8) is 0 Å². The molecule has 1 atom stereocenters. The fraction of sp³-hybridized carbons (Fsp3) is 0.259. The third-order valence-corrected chi connectivity index (χ3v) is 6.43. The highest BCUT2D eigenvalue weighted by Gasteiger charge is 2.31. The number of carbonyl (C=O) groups is 2. The van der Waals surface area contributed by atoms with Crippen LogP contribution in [0.5, 0.6) is 0 Å². The maximum atomic E-state index is 13.7. The van der Waals surface area contributed by atoms with E-state index in [-0.39, 0.29) is 24.8 Å². The number of amides is 2. The Morgan fingerprint density at radius 1 is 0.882 bits per heavy atom. The molecule has 0 saturated heterocycles. The van der Waals surface area contributed by atoms with E-state index >= 15 is 0 Å². The van der Waals surface area contributed by atoms with Crippen LogP contribution in [0.3, 0.4) is 0 Å². The van der Waals surface area contributed by atoms with Gasteiger partial charge >= 0.3 is 0 Å². The SMILES string of the molecule is CCCNC(=O)[C@@H](Cc1ccccc1)N(Cc1ccc(Cl)cc1Cl)C(=O)Cc1ccccc1Cl. The van der Waals surface area contributed by atoms with Crippen LogP contribution < -0.4 is 5.32 Å². The van der Waals surface area contributed by atoms with E-state index in [1.807, 2.05) is 55.5 Å². The summed E-state index contributed by atoms with van der Waals surface area (Å²) in [5.41, 5.74) is 2.37. The smallest absolute Gasteiger partial charge is 0.243 e. The molecule has 7 heteroatoms. The Hall–Kier alpha value is -2.53. The summed E-state index contributed by atoms with van der Waals surface area (Å²) in [5, 5.41) is 4.41. The molecule has 0 heterocycles.